The number of nitrogens with two attached hydrogens (primary N) is 12. The van der Waals surface area contributed by atoms with Crippen molar-refractivity contribution in [3.63, 3.8) is 0 Å². The fourth-order valence-corrected chi connectivity index (χ4v) is 9.35. The number of Topliss-reactive ketones (excluding diaryl/α,β-unsaturated/α-hetero) is 14. The lowest BCUT2D eigenvalue weighted by molar-refractivity contribution is -0.121. The number of fused-ring (bicyclic) bond motifs is 2. The standard InChI is InChI=1S/2C12H14N2O.C10H13NO2.C7H16N2O2.2C7H13NO.4C5H11NO2.2C4H9NO2.C4H9NO.C3H7NO/c2*1-8(15)11(13)6-9-7-14-12-5-3-2-4-10(9)12;1-7(12)10(11)6-8-2-4-9(13)5-3-8;1-5(10)7(9)3-2-6(11)4-8;2*1-6(9)7-4-2-3-5-8-7;4*1-3(7)5(6)4(2)8;2*1-3(7)4(5)2-6;1-4(6)3-5-2;1-3(5)2-4/h2*2-5,7,11,14H,6,13H2,1H3;2-5,10,13H,6,11H2,1H3;6-7,11H,2-4,8-9H2,1H3;2*7-8H,2-5H2,1H3;4*3,5,7H,6H2,1-2H3;2*4,6H,2,5H2,1H3;5H,3H2,1-2H3;2,4H2,1H3/t2*11-;10-;6-,7-;2*7-;3-,5?;2*3-,5+;3-,5-;2*4-;;/m101010110010../s1. The fraction of sp³-hybridized carbons (Fsp3) is 0.600. The van der Waals surface area contributed by atoms with Crippen LogP contribution in [0.1, 0.15) is 193 Å². The number of aliphatic hydroxyl groups is 7. The predicted octanol–water partition coefficient (Wildman–Crippen LogP) is -1.21. The quantitative estimate of drug-likeness (QED) is 0.0248. The number of carbonyl (C=O) groups is 14. The molecule has 1 unspecified atom stereocenters. The van der Waals surface area contributed by atoms with Gasteiger partial charge in [0.2, 0.25) is 0 Å². The highest BCUT2D eigenvalue weighted by molar-refractivity contribution is 5.89. The maximum absolute atomic E-state index is 11.1. The Bertz CT molecular complexity index is 3720. The summed E-state index contributed by atoms with van der Waals surface area (Å²) in [7, 11) is 1.75. The van der Waals surface area contributed by atoms with E-state index < -0.39 is 90.9 Å². The van der Waals surface area contributed by atoms with Crippen molar-refractivity contribution < 1.29 is 108 Å². The zero-order chi connectivity index (χ0) is 102. The summed E-state index contributed by atoms with van der Waals surface area (Å²) < 4.78 is 0. The van der Waals surface area contributed by atoms with Gasteiger partial charge in [-0.15, -0.1) is 0 Å². The zero-order valence-corrected chi connectivity index (χ0v) is 79.3. The van der Waals surface area contributed by atoms with Gasteiger partial charge in [0.15, 0.2) is 0 Å². The van der Waals surface area contributed by atoms with Crippen LogP contribution in [0.15, 0.2) is 85.2 Å². The van der Waals surface area contributed by atoms with Crippen LogP contribution in [0.2, 0.25) is 0 Å². The predicted molar refractivity (Wildman–Crippen MR) is 505 cm³/mol. The van der Waals surface area contributed by atoms with E-state index in [1.807, 2.05) is 60.9 Å². The summed E-state index contributed by atoms with van der Waals surface area (Å²) in [6, 6.07) is 17.2. The minimum Gasteiger partial charge on any atom is -0.508 e. The van der Waals surface area contributed by atoms with Gasteiger partial charge in [-0.1, -0.05) is 61.4 Å². The summed E-state index contributed by atoms with van der Waals surface area (Å²) in [5, 5.41) is 80.2. The van der Waals surface area contributed by atoms with Crippen molar-refractivity contribution in [1.82, 2.24) is 25.9 Å². The number of aliphatic hydroxyl groups excluding tert-OH is 7. The van der Waals surface area contributed by atoms with Gasteiger partial charge in [-0.05, 0) is 244 Å². The minimum absolute atomic E-state index is 0.0203. The summed E-state index contributed by atoms with van der Waals surface area (Å²) in [5.74, 6) is -0.0834. The Labute approximate surface area is 761 Å². The van der Waals surface area contributed by atoms with Crippen LogP contribution >= 0.6 is 0 Å². The number of aromatic hydroxyl groups is 1. The number of phenolic OH excluding ortho intramolecular Hbond substituents is 1. The molecule has 0 spiro atoms. The molecular weight excluding hydrogens is 1670 g/mol. The lowest BCUT2D eigenvalue weighted by Crippen LogP contribution is -2.38. The first-order valence-electron chi connectivity index (χ1n) is 42.4. The summed E-state index contributed by atoms with van der Waals surface area (Å²) in [6.07, 6.45) is 10.1. The molecule has 0 amide bonds. The molecule has 738 valence electrons. The first-order chi connectivity index (χ1) is 59.8. The number of piperidine rings is 2. The third-order valence-electron chi connectivity index (χ3n) is 18.5. The van der Waals surface area contributed by atoms with Gasteiger partial charge in [-0.3, -0.25) is 67.1 Å². The smallest absolute Gasteiger partial charge is 0.149 e. The van der Waals surface area contributed by atoms with Crippen LogP contribution in [0.5, 0.6) is 5.75 Å². The van der Waals surface area contributed by atoms with E-state index in [0.29, 0.717) is 38.6 Å². The van der Waals surface area contributed by atoms with Crippen LogP contribution in [-0.2, 0) is 86.4 Å². The van der Waals surface area contributed by atoms with Gasteiger partial charge in [0.05, 0.1) is 129 Å². The second kappa shape index (κ2) is 78.8. The highest BCUT2D eigenvalue weighted by Crippen LogP contribution is 2.21. The first kappa shape index (κ1) is 133. The number of hydrogen-bond acceptors (Lipinski definition) is 37. The van der Waals surface area contributed by atoms with Crippen LogP contribution in [0.4, 0.5) is 0 Å². The average Bonchev–Trinajstić information content (AvgIpc) is 1.69. The Hall–Kier alpha value is -8.96. The van der Waals surface area contributed by atoms with E-state index in [0.717, 1.165) is 64.4 Å². The number of carbonyl (C=O) groups excluding carboxylic acids is 14. The molecule has 17 atom stereocenters. The van der Waals surface area contributed by atoms with Crippen molar-refractivity contribution in [2.75, 3.05) is 53.0 Å². The molecule has 0 aliphatic carbocycles. The normalized spacial score (nSPS) is 16.0. The van der Waals surface area contributed by atoms with E-state index >= 15 is 0 Å². The number of nitrogens with one attached hydrogen (secondary N) is 5. The van der Waals surface area contributed by atoms with Crippen LogP contribution in [-0.4, -0.2) is 288 Å². The monoisotopic (exact) mass is 1830 g/mol. The summed E-state index contributed by atoms with van der Waals surface area (Å²) in [5.41, 5.74) is 68.5. The molecule has 0 saturated carbocycles. The molecule has 2 aromatic heterocycles. The summed E-state index contributed by atoms with van der Waals surface area (Å²) in [6.45, 7) is 28.8. The molecule has 2 aliphatic heterocycles. The van der Waals surface area contributed by atoms with E-state index in [4.69, 9.17) is 110 Å². The SMILES string of the molecule is CC(=O)C(N)[C@@H](C)O.CC(=O)CN.CC(=O)[C@@H](N)CC[C@H](O)CN.CC(=O)[C@@H](N)CO.CC(=O)[C@@H](N)Cc1c[nH]c2ccccc12.CC(=O)[C@@H](N)[C@@H](C)O.CC(=O)[C@@H](N)[C@H](C)O.CC(=O)[C@@H]1CCCCN1.CC(=O)[C@H](N)CO.CC(=O)[C@H](N)Cc1c[nH]c2ccccc12.CC(=O)[C@H](N)Cc1ccc(O)cc1.CC(=O)[C@H](N)[C@H](C)O.CC(=O)[C@H]1CCCCN1.CNCC(C)=O. The molecule has 3 aromatic carbocycles. The average molecular weight is 1830 g/mol. The third-order valence-corrected chi connectivity index (χ3v) is 18.5. The van der Waals surface area contributed by atoms with Gasteiger partial charge in [0, 0.05) is 40.7 Å². The second-order valence-corrected chi connectivity index (χ2v) is 31.0. The topological polar surface area (TPSA) is 781 Å². The van der Waals surface area contributed by atoms with Crippen molar-refractivity contribution >= 4 is 103 Å². The van der Waals surface area contributed by atoms with Crippen molar-refractivity contribution in [1.29, 1.82) is 0 Å². The van der Waals surface area contributed by atoms with E-state index in [1.54, 1.807) is 52.1 Å². The lowest BCUT2D eigenvalue weighted by atomic mass is 10.0. The van der Waals surface area contributed by atoms with Crippen molar-refractivity contribution in [2.45, 2.75) is 298 Å². The van der Waals surface area contributed by atoms with Crippen LogP contribution in [0.3, 0.4) is 0 Å². The molecule has 39 heteroatoms. The summed E-state index contributed by atoms with van der Waals surface area (Å²) in [4.78, 5) is 152. The summed E-state index contributed by atoms with van der Waals surface area (Å²) >= 11 is 0. The van der Waals surface area contributed by atoms with Gasteiger partial charge in [-0.2, -0.15) is 0 Å². The number of para-hydroxylation sites is 2. The van der Waals surface area contributed by atoms with Crippen molar-refractivity contribution in [3.05, 3.63) is 102 Å². The molecule has 5 aromatic rings. The molecule has 7 rings (SSSR count). The van der Waals surface area contributed by atoms with E-state index in [-0.39, 0.29) is 125 Å². The van der Waals surface area contributed by atoms with Crippen molar-refractivity contribution in [3.8, 4) is 5.75 Å². The van der Waals surface area contributed by atoms with E-state index in [2.05, 4.69) is 25.9 Å². The van der Waals surface area contributed by atoms with E-state index in [1.165, 1.54) is 130 Å². The van der Waals surface area contributed by atoms with E-state index in [9.17, 15) is 67.1 Å². The second-order valence-electron chi connectivity index (χ2n) is 31.0. The molecule has 39 nitrogen and oxygen atoms in total. The minimum atomic E-state index is -0.729. The number of phenols is 1. The Balaban J connectivity index is -0.000000251. The van der Waals surface area contributed by atoms with Gasteiger partial charge in [0.25, 0.3) is 0 Å². The maximum atomic E-state index is 11.1. The highest BCUT2D eigenvalue weighted by Gasteiger charge is 2.20. The maximum Gasteiger partial charge on any atom is 0.149 e. The van der Waals surface area contributed by atoms with Crippen LogP contribution in [0.25, 0.3) is 21.8 Å². The Kier molecular flexibility index (Phi) is 81.4. The molecule has 2 fully saturated rings. The zero-order valence-electron chi connectivity index (χ0n) is 79.3. The van der Waals surface area contributed by atoms with Gasteiger partial charge in [0.1, 0.15) is 86.7 Å². The largest absolute Gasteiger partial charge is 0.508 e. The number of aromatic nitrogens is 2. The molecule has 2 saturated heterocycles. The van der Waals surface area contributed by atoms with Crippen LogP contribution in [0, 0.1) is 0 Å². The number of benzene rings is 3. The molecule has 2 aliphatic rings. The Morgan fingerprint density at radius 2 is 0.674 bits per heavy atom. The molecular formula is C90H161N17O22. The number of rotatable bonds is 31. The van der Waals surface area contributed by atoms with Gasteiger partial charge >= 0.3 is 0 Å². The molecule has 0 bridgehead atoms. The molecule has 129 heavy (non-hydrogen) atoms. The molecule has 37 N–H and O–H groups in total. The van der Waals surface area contributed by atoms with Crippen molar-refractivity contribution in [2.24, 2.45) is 68.8 Å². The Morgan fingerprint density at radius 1 is 0.388 bits per heavy atom. The van der Waals surface area contributed by atoms with Gasteiger partial charge in [-0.25, -0.2) is 0 Å². The number of H-pyrrole nitrogens is 2. The molecule has 4 heterocycles. The number of likely N-dealkylation sites (N-methyl/N-ethyl adjacent to an activating group) is 1. The first-order valence-corrected chi connectivity index (χ1v) is 42.4. The molecule has 0 radical (unpaired) electrons. The third kappa shape index (κ3) is 73.4. The Morgan fingerprint density at radius 3 is 0.860 bits per heavy atom. The number of hydrogen-bond donors (Lipinski definition) is 25. The lowest BCUT2D eigenvalue weighted by Gasteiger charge is -2.20. The van der Waals surface area contributed by atoms with Crippen LogP contribution < -0.4 is 84.8 Å². The van der Waals surface area contributed by atoms with Gasteiger partial charge < -0.3 is 136 Å². The number of aromatic amines is 2. The number of ketones is 14. The highest BCUT2D eigenvalue weighted by atomic mass is 16.3. The fourth-order valence-electron chi connectivity index (χ4n) is 9.35.